The van der Waals surface area contributed by atoms with Crippen LogP contribution in [-0.2, 0) is 0 Å². The first-order valence-electron chi connectivity index (χ1n) is 4.73. The third-order valence-corrected chi connectivity index (χ3v) is 3.67. The van der Waals surface area contributed by atoms with Crippen molar-refractivity contribution in [3.63, 3.8) is 0 Å². The number of rotatable bonds is 0. The number of hydrogen-bond acceptors (Lipinski definition) is 1. The van der Waals surface area contributed by atoms with Crippen molar-refractivity contribution < 1.29 is 4.42 Å². The summed E-state index contributed by atoms with van der Waals surface area (Å²) >= 11 is 24.3. The summed E-state index contributed by atoms with van der Waals surface area (Å²) in [5, 5.41) is 3.50. The van der Waals surface area contributed by atoms with E-state index in [4.69, 9.17) is 50.8 Å². The average Bonchev–Trinajstić information content (AvgIpc) is 2.64. The summed E-state index contributed by atoms with van der Waals surface area (Å²) < 4.78 is 5.64. The molecule has 0 atom stereocenters. The first kappa shape index (κ1) is 11.5. The van der Waals surface area contributed by atoms with Gasteiger partial charge in [0.25, 0.3) is 0 Å². The molecule has 0 aliphatic heterocycles. The number of furan rings is 1. The van der Waals surface area contributed by atoms with Crippen LogP contribution in [0.3, 0.4) is 0 Å². The van der Waals surface area contributed by atoms with E-state index < -0.39 is 0 Å². The first-order valence-corrected chi connectivity index (χ1v) is 6.24. The molecule has 0 fully saturated rings. The number of halogens is 4. The molecule has 0 bridgehead atoms. The van der Waals surface area contributed by atoms with Crippen molar-refractivity contribution in [1.29, 1.82) is 0 Å². The Morgan fingerprint density at radius 2 is 1.47 bits per heavy atom. The normalized spacial score (nSPS) is 11.5. The molecule has 0 spiro atoms. The molecule has 0 aliphatic rings. The van der Waals surface area contributed by atoms with Crippen LogP contribution in [0.5, 0.6) is 0 Å². The monoisotopic (exact) mass is 304 g/mol. The topological polar surface area (TPSA) is 13.1 Å². The van der Waals surface area contributed by atoms with E-state index in [2.05, 4.69) is 0 Å². The molecule has 0 amide bonds. The van der Waals surface area contributed by atoms with Gasteiger partial charge in [0.1, 0.15) is 5.58 Å². The predicted octanol–water partition coefficient (Wildman–Crippen LogP) is 6.20. The number of fused-ring (bicyclic) bond motifs is 3. The summed E-state index contributed by atoms with van der Waals surface area (Å²) in [5.74, 6) is 0. The van der Waals surface area contributed by atoms with Gasteiger partial charge in [-0.25, -0.2) is 0 Å². The summed E-state index contributed by atoms with van der Waals surface area (Å²) in [6.07, 6.45) is 0. The van der Waals surface area contributed by atoms with Gasteiger partial charge in [-0.3, -0.25) is 0 Å². The Balaban J connectivity index is 2.65. The average molecular weight is 306 g/mol. The van der Waals surface area contributed by atoms with E-state index in [0.717, 1.165) is 10.8 Å². The highest BCUT2D eigenvalue weighted by molar-refractivity contribution is 6.45. The molecule has 86 valence electrons. The highest BCUT2D eigenvalue weighted by atomic mass is 35.5. The van der Waals surface area contributed by atoms with Crippen molar-refractivity contribution in [2.24, 2.45) is 0 Å². The minimum atomic E-state index is 0.493. The van der Waals surface area contributed by atoms with Crippen molar-refractivity contribution in [2.75, 3.05) is 0 Å². The minimum Gasteiger partial charge on any atom is -0.454 e. The molecule has 0 saturated heterocycles. The van der Waals surface area contributed by atoms with Gasteiger partial charge in [-0.1, -0.05) is 46.4 Å². The van der Waals surface area contributed by atoms with Gasteiger partial charge in [-0.05, 0) is 18.2 Å². The summed E-state index contributed by atoms with van der Waals surface area (Å²) in [5.41, 5.74) is 1.10. The molecule has 3 rings (SSSR count). The minimum absolute atomic E-state index is 0.493. The zero-order chi connectivity index (χ0) is 12.2. The molecular weight excluding hydrogens is 302 g/mol. The van der Waals surface area contributed by atoms with E-state index in [1.165, 1.54) is 0 Å². The fraction of sp³-hybridized carbons (Fsp3) is 0. The quantitative estimate of drug-likeness (QED) is 0.482. The first-order chi connectivity index (χ1) is 8.08. The maximum Gasteiger partial charge on any atom is 0.155 e. The van der Waals surface area contributed by atoms with Gasteiger partial charge >= 0.3 is 0 Å². The van der Waals surface area contributed by atoms with Crippen LogP contribution in [-0.4, -0.2) is 0 Å². The van der Waals surface area contributed by atoms with Crippen LogP contribution in [0.15, 0.2) is 28.7 Å². The molecule has 5 heteroatoms. The van der Waals surface area contributed by atoms with Gasteiger partial charge in [-0.2, -0.15) is 0 Å². The van der Waals surface area contributed by atoms with Crippen LogP contribution in [0.1, 0.15) is 0 Å². The lowest BCUT2D eigenvalue weighted by Crippen LogP contribution is -1.73. The fourth-order valence-corrected chi connectivity index (χ4v) is 2.86. The Kier molecular flexibility index (Phi) is 2.68. The van der Waals surface area contributed by atoms with Gasteiger partial charge in [0, 0.05) is 21.9 Å². The second kappa shape index (κ2) is 3.96. The molecule has 1 nitrogen and oxygen atoms in total. The Bertz CT molecular complexity index is 745. The van der Waals surface area contributed by atoms with Gasteiger partial charge in [0.05, 0.1) is 15.1 Å². The molecule has 1 aromatic heterocycles. The van der Waals surface area contributed by atoms with Gasteiger partial charge < -0.3 is 4.42 Å². The maximum atomic E-state index is 6.16. The Labute approximate surface area is 117 Å². The summed E-state index contributed by atoms with van der Waals surface area (Å²) in [7, 11) is 0. The van der Waals surface area contributed by atoms with Crippen molar-refractivity contribution in [1.82, 2.24) is 0 Å². The molecule has 0 radical (unpaired) electrons. The smallest absolute Gasteiger partial charge is 0.155 e. The molecule has 0 unspecified atom stereocenters. The van der Waals surface area contributed by atoms with Gasteiger partial charge in [-0.15, -0.1) is 0 Å². The van der Waals surface area contributed by atoms with E-state index in [0.29, 0.717) is 31.3 Å². The molecule has 1 heterocycles. The molecule has 0 aliphatic carbocycles. The largest absolute Gasteiger partial charge is 0.454 e. The standard InChI is InChI=1S/C12H4Cl4O/c13-5-3-8(16)10-9(4-5)17-12-7(15)2-1-6(14)11(10)12/h1-4H. The Morgan fingerprint density at radius 1 is 0.765 bits per heavy atom. The fourth-order valence-electron chi connectivity index (χ4n) is 1.85. The van der Waals surface area contributed by atoms with Crippen LogP contribution < -0.4 is 0 Å². The van der Waals surface area contributed by atoms with Gasteiger partial charge in [0.15, 0.2) is 5.58 Å². The van der Waals surface area contributed by atoms with Crippen molar-refractivity contribution in [3.8, 4) is 0 Å². The van der Waals surface area contributed by atoms with E-state index in [1.54, 1.807) is 24.3 Å². The lowest BCUT2D eigenvalue weighted by Gasteiger charge is -1.97. The van der Waals surface area contributed by atoms with E-state index in [-0.39, 0.29) is 0 Å². The SMILES string of the molecule is Clc1cc(Cl)c2c(c1)oc1c(Cl)ccc(Cl)c12. The van der Waals surface area contributed by atoms with Crippen LogP contribution in [0.25, 0.3) is 21.9 Å². The molecular formula is C12H4Cl4O. The zero-order valence-electron chi connectivity index (χ0n) is 8.23. The molecule has 2 aromatic carbocycles. The van der Waals surface area contributed by atoms with E-state index in [1.807, 2.05) is 0 Å². The number of benzene rings is 2. The highest BCUT2D eigenvalue weighted by Gasteiger charge is 2.16. The van der Waals surface area contributed by atoms with Crippen LogP contribution in [0.4, 0.5) is 0 Å². The molecule has 17 heavy (non-hydrogen) atoms. The lowest BCUT2D eigenvalue weighted by molar-refractivity contribution is 0.669. The summed E-state index contributed by atoms with van der Waals surface area (Å²) in [6.45, 7) is 0. The third-order valence-electron chi connectivity index (χ3n) is 2.54. The second-order valence-electron chi connectivity index (χ2n) is 3.60. The van der Waals surface area contributed by atoms with Crippen molar-refractivity contribution in [3.05, 3.63) is 44.4 Å². The third kappa shape index (κ3) is 1.69. The summed E-state index contributed by atoms with van der Waals surface area (Å²) in [6, 6.07) is 6.74. The van der Waals surface area contributed by atoms with Gasteiger partial charge in [0.2, 0.25) is 0 Å². The summed E-state index contributed by atoms with van der Waals surface area (Å²) in [4.78, 5) is 0. The number of hydrogen-bond donors (Lipinski definition) is 0. The molecule has 0 saturated carbocycles. The zero-order valence-corrected chi connectivity index (χ0v) is 11.3. The molecule has 0 N–H and O–H groups in total. The molecule has 3 aromatic rings. The van der Waals surface area contributed by atoms with Crippen LogP contribution in [0.2, 0.25) is 20.1 Å². The maximum absolute atomic E-state index is 6.16. The van der Waals surface area contributed by atoms with Crippen LogP contribution in [0, 0.1) is 0 Å². The lowest BCUT2D eigenvalue weighted by atomic mass is 10.1. The van der Waals surface area contributed by atoms with Crippen LogP contribution >= 0.6 is 46.4 Å². The highest BCUT2D eigenvalue weighted by Crippen LogP contribution is 2.41. The van der Waals surface area contributed by atoms with Crippen molar-refractivity contribution in [2.45, 2.75) is 0 Å². The second-order valence-corrected chi connectivity index (χ2v) is 5.25. The van der Waals surface area contributed by atoms with E-state index in [9.17, 15) is 0 Å². The Hall–Kier alpha value is -0.600. The Morgan fingerprint density at radius 3 is 2.24 bits per heavy atom. The van der Waals surface area contributed by atoms with Crippen molar-refractivity contribution >= 4 is 68.3 Å². The van der Waals surface area contributed by atoms with E-state index >= 15 is 0 Å². The predicted molar refractivity (Wildman–Crippen MR) is 73.8 cm³/mol.